The van der Waals surface area contributed by atoms with Gasteiger partial charge < -0.3 is 10.8 Å². The number of hydrogen-bond acceptors (Lipinski definition) is 3. The van der Waals surface area contributed by atoms with Gasteiger partial charge in [-0.15, -0.1) is 0 Å². The molecule has 1 atom stereocenters. The number of nitrogens with zero attached hydrogens (tertiary/aromatic N) is 1. The number of phenolic OH excluding ortho intramolecular Hbond substituents is 1. The van der Waals surface area contributed by atoms with Crippen LogP contribution < -0.4 is 5.73 Å². The standard InChI is InChI=1S/C12H16Cl2N2O/c13-9-6-8(11(17)7-10(9)14)12(15)16-4-2-1-3-5-16/h6-7,12,17H,1-5,15H2/t12-/m0/s1. The molecule has 1 fully saturated rings. The average Bonchev–Trinajstić information content (AvgIpc) is 2.34. The second kappa shape index (κ2) is 5.44. The van der Waals surface area contributed by atoms with Gasteiger partial charge in [0.2, 0.25) is 0 Å². The fraction of sp³-hybridized carbons (Fsp3) is 0.500. The second-order valence-electron chi connectivity index (χ2n) is 4.37. The lowest BCUT2D eigenvalue weighted by Crippen LogP contribution is -2.38. The molecule has 0 unspecified atom stereocenters. The molecule has 1 heterocycles. The van der Waals surface area contributed by atoms with Crippen LogP contribution in [0.4, 0.5) is 0 Å². The third-order valence-electron chi connectivity index (χ3n) is 3.17. The number of halogens is 2. The summed E-state index contributed by atoms with van der Waals surface area (Å²) in [6, 6.07) is 3.10. The Kier molecular flexibility index (Phi) is 4.15. The molecule has 1 aromatic rings. The highest BCUT2D eigenvalue weighted by atomic mass is 35.5. The minimum Gasteiger partial charge on any atom is -0.508 e. The van der Waals surface area contributed by atoms with Crippen LogP contribution in [0.15, 0.2) is 12.1 Å². The average molecular weight is 275 g/mol. The quantitative estimate of drug-likeness (QED) is 0.871. The van der Waals surface area contributed by atoms with E-state index < -0.39 is 0 Å². The van der Waals surface area contributed by atoms with Crippen molar-refractivity contribution in [2.75, 3.05) is 13.1 Å². The predicted octanol–water partition coefficient (Wildman–Crippen LogP) is 3.14. The van der Waals surface area contributed by atoms with Crippen molar-refractivity contribution < 1.29 is 5.11 Å². The molecule has 1 saturated heterocycles. The third-order valence-corrected chi connectivity index (χ3v) is 3.89. The van der Waals surface area contributed by atoms with E-state index in [0.29, 0.717) is 15.6 Å². The zero-order valence-corrected chi connectivity index (χ0v) is 11.0. The third kappa shape index (κ3) is 2.86. The number of benzene rings is 1. The lowest BCUT2D eigenvalue weighted by atomic mass is 10.1. The van der Waals surface area contributed by atoms with E-state index >= 15 is 0 Å². The lowest BCUT2D eigenvalue weighted by molar-refractivity contribution is 0.164. The van der Waals surface area contributed by atoms with Crippen molar-refractivity contribution in [1.29, 1.82) is 0 Å². The summed E-state index contributed by atoms with van der Waals surface area (Å²) in [5.41, 5.74) is 6.79. The molecule has 94 valence electrons. The molecule has 1 aliphatic rings. The minimum absolute atomic E-state index is 0.109. The Labute approximate surface area is 111 Å². The van der Waals surface area contributed by atoms with Gasteiger partial charge in [-0.05, 0) is 32.0 Å². The summed E-state index contributed by atoms with van der Waals surface area (Å²) >= 11 is 11.8. The first-order valence-corrected chi connectivity index (χ1v) is 6.52. The molecule has 0 bridgehead atoms. The molecule has 1 aliphatic heterocycles. The number of piperidine rings is 1. The molecule has 0 spiro atoms. The smallest absolute Gasteiger partial charge is 0.123 e. The van der Waals surface area contributed by atoms with Crippen LogP contribution in [0, 0.1) is 0 Å². The minimum atomic E-state index is -0.315. The van der Waals surface area contributed by atoms with Crippen molar-refractivity contribution in [3.05, 3.63) is 27.7 Å². The summed E-state index contributed by atoms with van der Waals surface area (Å²) in [7, 11) is 0. The number of aromatic hydroxyl groups is 1. The summed E-state index contributed by atoms with van der Waals surface area (Å²) in [5, 5.41) is 10.6. The highest BCUT2D eigenvalue weighted by molar-refractivity contribution is 6.42. The zero-order valence-electron chi connectivity index (χ0n) is 9.50. The number of hydrogen-bond donors (Lipinski definition) is 2. The van der Waals surface area contributed by atoms with E-state index in [1.165, 1.54) is 12.5 Å². The van der Waals surface area contributed by atoms with Crippen LogP contribution in [0.2, 0.25) is 10.0 Å². The SMILES string of the molecule is N[C@H](c1cc(Cl)c(Cl)cc1O)N1CCCCC1. The van der Waals surface area contributed by atoms with Gasteiger partial charge in [-0.3, -0.25) is 4.90 Å². The van der Waals surface area contributed by atoms with Gasteiger partial charge in [0.1, 0.15) is 5.75 Å². The van der Waals surface area contributed by atoms with Crippen molar-refractivity contribution >= 4 is 23.2 Å². The highest BCUT2D eigenvalue weighted by Gasteiger charge is 2.21. The van der Waals surface area contributed by atoms with Gasteiger partial charge in [-0.2, -0.15) is 0 Å². The van der Waals surface area contributed by atoms with Crippen LogP contribution in [-0.2, 0) is 0 Å². The van der Waals surface area contributed by atoms with Gasteiger partial charge in [0.05, 0.1) is 16.2 Å². The fourth-order valence-electron chi connectivity index (χ4n) is 2.18. The molecule has 0 saturated carbocycles. The molecule has 17 heavy (non-hydrogen) atoms. The van der Waals surface area contributed by atoms with E-state index in [1.54, 1.807) is 6.07 Å². The first kappa shape index (κ1) is 13.0. The number of phenols is 1. The van der Waals surface area contributed by atoms with Gasteiger partial charge in [0.15, 0.2) is 0 Å². The van der Waals surface area contributed by atoms with Gasteiger partial charge in [0, 0.05) is 11.6 Å². The summed E-state index contributed by atoms with van der Waals surface area (Å²) < 4.78 is 0. The van der Waals surface area contributed by atoms with Crippen LogP contribution in [0.25, 0.3) is 0 Å². The van der Waals surface area contributed by atoms with Crippen LogP contribution in [0.3, 0.4) is 0 Å². The van der Waals surface area contributed by atoms with E-state index in [-0.39, 0.29) is 11.9 Å². The number of likely N-dealkylation sites (tertiary alicyclic amines) is 1. The van der Waals surface area contributed by atoms with Crippen LogP contribution in [-0.4, -0.2) is 23.1 Å². The first-order valence-electron chi connectivity index (χ1n) is 5.77. The van der Waals surface area contributed by atoms with Crippen molar-refractivity contribution in [2.24, 2.45) is 5.73 Å². The van der Waals surface area contributed by atoms with Crippen LogP contribution >= 0.6 is 23.2 Å². The van der Waals surface area contributed by atoms with Crippen molar-refractivity contribution in [3.63, 3.8) is 0 Å². The molecule has 0 aromatic heterocycles. The van der Waals surface area contributed by atoms with Gasteiger partial charge in [-0.25, -0.2) is 0 Å². The van der Waals surface area contributed by atoms with Crippen molar-refractivity contribution in [3.8, 4) is 5.75 Å². The van der Waals surface area contributed by atoms with Crippen LogP contribution in [0.1, 0.15) is 31.0 Å². The molecule has 5 heteroatoms. The Bertz CT molecular complexity index is 406. The molecular weight excluding hydrogens is 259 g/mol. The largest absolute Gasteiger partial charge is 0.508 e. The maximum Gasteiger partial charge on any atom is 0.123 e. The topological polar surface area (TPSA) is 49.5 Å². The molecule has 3 nitrogen and oxygen atoms in total. The van der Waals surface area contributed by atoms with Crippen molar-refractivity contribution in [2.45, 2.75) is 25.4 Å². The second-order valence-corrected chi connectivity index (χ2v) is 5.18. The van der Waals surface area contributed by atoms with Gasteiger partial charge >= 0.3 is 0 Å². The van der Waals surface area contributed by atoms with Crippen molar-refractivity contribution in [1.82, 2.24) is 4.90 Å². The summed E-state index contributed by atoms with van der Waals surface area (Å²) in [6.45, 7) is 1.92. The number of nitrogens with two attached hydrogens (primary N) is 1. The van der Waals surface area contributed by atoms with E-state index in [0.717, 1.165) is 25.9 Å². The first-order chi connectivity index (χ1) is 8.09. The van der Waals surface area contributed by atoms with Crippen LogP contribution in [0.5, 0.6) is 5.75 Å². The number of rotatable bonds is 2. The molecule has 3 N–H and O–H groups in total. The Balaban J connectivity index is 2.23. The fourth-order valence-corrected chi connectivity index (χ4v) is 2.51. The summed E-state index contributed by atoms with van der Waals surface area (Å²) in [6.07, 6.45) is 3.23. The Morgan fingerprint density at radius 1 is 1.12 bits per heavy atom. The molecule has 0 aliphatic carbocycles. The normalized spacial score (nSPS) is 19.2. The summed E-state index contributed by atoms with van der Waals surface area (Å²) in [5.74, 6) is 0.109. The Morgan fingerprint density at radius 3 is 2.35 bits per heavy atom. The molecular formula is C12H16Cl2N2O. The zero-order chi connectivity index (χ0) is 12.4. The van der Waals surface area contributed by atoms with Gasteiger partial charge in [-0.1, -0.05) is 29.6 Å². The maximum absolute atomic E-state index is 9.87. The highest BCUT2D eigenvalue weighted by Crippen LogP contribution is 2.34. The Hall–Kier alpha value is -0.480. The van der Waals surface area contributed by atoms with E-state index in [4.69, 9.17) is 28.9 Å². The lowest BCUT2D eigenvalue weighted by Gasteiger charge is -2.32. The summed E-state index contributed by atoms with van der Waals surface area (Å²) in [4.78, 5) is 2.16. The Morgan fingerprint density at radius 2 is 1.71 bits per heavy atom. The van der Waals surface area contributed by atoms with E-state index in [9.17, 15) is 5.11 Å². The molecule has 2 rings (SSSR count). The monoisotopic (exact) mass is 274 g/mol. The maximum atomic E-state index is 9.87. The van der Waals surface area contributed by atoms with E-state index in [2.05, 4.69) is 4.90 Å². The molecule has 0 radical (unpaired) electrons. The molecule has 0 amide bonds. The van der Waals surface area contributed by atoms with Gasteiger partial charge in [0.25, 0.3) is 0 Å². The molecule has 1 aromatic carbocycles. The predicted molar refractivity (Wildman–Crippen MR) is 70.5 cm³/mol. The van der Waals surface area contributed by atoms with E-state index in [1.807, 2.05) is 0 Å².